The van der Waals surface area contributed by atoms with Crippen molar-refractivity contribution in [2.24, 2.45) is 0 Å². The van der Waals surface area contributed by atoms with Crippen LogP contribution in [-0.4, -0.2) is 16.1 Å². The van der Waals surface area contributed by atoms with Gasteiger partial charge in [-0.1, -0.05) is 36.4 Å². The van der Waals surface area contributed by atoms with Gasteiger partial charge in [0.05, 0.1) is 0 Å². The highest BCUT2D eigenvalue weighted by Gasteiger charge is 2.15. The number of nitrogens with one attached hydrogen (secondary N) is 1. The molecule has 29 heavy (non-hydrogen) atoms. The molecule has 0 saturated heterocycles. The second-order valence-electron chi connectivity index (χ2n) is 6.28. The van der Waals surface area contributed by atoms with Crippen LogP contribution in [-0.2, 0) is 6.54 Å². The van der Waals surface area contributed by atoms with Gasteiger partial charge in [0, 0.05) is 17.8 Å². The summed E-state index contributed by atoms with van der Waals surface area (Å²) in [5, 5.41) is 10.5. The SMILES string of the molecule is Nc1cccc(-c2nnc(C(=O)NCc3ccc(Oc4ccccc4)cc3)o2)c1. The quantitative estimate of drug-likeness (QED) is 0.485. The number of carbonyl (C=O) groups is 1. The van der Waals surface area contributed by atoms with Crippen molar-refractivity contribution in [3.63, 3.8) is 0 Å². The molecule has 0 atom stereocenters. The highest BCUT2D eigenvalue weighted by Crippen LogP contribution is 2.22. The molecule has 0 aliphatic heterocycles. The standard InChI is InChI=1S/C22H18N4O3/c23-17-6-4-5-16(13-17)21-25-26-22(29-21)20(27)24-14-15-9-11-19(12-10-15)28-18-7-2-1-3-8-18/h1-13H,14,23H2,(H,24,27). The summed E-state index contributed by atoms with van der Waals surface area (Å²) in [4.78, 5) is 12.3. The first-order valence-electron chi connectivity index (χ1n) is 8.97. The number of nitrogen functional groups attached to an aromatic ring is 1. The fraction of sp³-hybridized carbons (Fsp3) is 0.0455. The van der Waals surface area contributed by atoms with Crippen LogP contribution >= 0.6 is 0 Å². The summed E-state index contributed by atoms with van der Waals surface area (Å²) < 4.78 is 11.2. The topological polar surface area (TPSA) is 103 Å². The van der Waals surface area contributed by atoms with Gasteiger partial charge in [0.25, 0.3) is 0 Å². The molecule has 1 aromatic heterocycles. The van der Waals surface area contributed by atoms with E-state index in [-0.39, 0.29) is 11.8 Å². The molecule has 0 aliphatic rings. The number of benzene rings is 3. The lowest BCUT2D eigenvalue weighted by Gasteiger charge is -2.07. The summed E-state index contributed by atoms with van der Waals surface area (Å²) in [5.74, 6) is 1.17. The zero-order chi connectivity index (χ0) is 20.1. The van der Waals surface area contributed by atoms with Gasteiger partial charge < -0.3 is 20.2 Å². The Balaban J connectivity index is 1.35. The predicted octanol–water partition coefficient (Wildman–Crippen LogP) is 4.04. The van der Waals surface area contributed by atoms with Crippen LogP contribution in [0.2, 0.25) is 0 Å². The van der Waals surface area contributed by atoms with E-state index in [1.54, 1.807) is 24.3 Å². The van der Waals surface area contributed by atoms with Crippen LogP contribution in [0.3, 0.4) is 0 Å². The molecular formula is C22H18N4O3. The fourth-order valence-electron chi connectivity index (χ4n) is 2.66. The van der Waals surface area contributed by atoms with Crippen molar-refractivity contribution in [2.45, 2.75) is 6.54 Å². The van der Waals surface area contributed by atoms with E-state index in [0.717, 1.165) is 17.1 Å². The average Bonchev–Trinajstić information content (AvgIpc) is 3.24. The maximum absolute atomic E-state index is 12.3. The van der Waals surface area contributed by atoms with Crippen LogP contribution in [0, 0.1) is 0 Å². The van der Waals surface area contributed by atoms with Crippen LogP contribution in [0.1, 0.15) is 16.2 Å². The first kappa shape index (κ1) is 18.2. The summed E-state index contributed by atoms with van der Waals surface area (Å²) >= 11 is 0. The van der Waals surface area contributed by atoms with Crippen molar-refractivity contribution < 1.29 is 13.9 Å². The van der Waals surface area contributed by atoms with Crippen LogP contribution in [0.15, 0.2) is 83.3 Å². The molecule has 4 aromatic rings. The van der Waals surface area contributed by atoms with Gasteiger partial charge in [0.2, 0.25) is 5.89 Å². The molecule has 0 unspecified atom stereocenters. The van der Waals surface area contributed by atoms with Crippen molar-refractivity contribution in [1.29, 1.82) is 0 Å². The molecule has 4 rings (SSSR count). The normalized spacial score (nSPS) is 10.5. The molecule has 7 heteroatoms. The van der Waals surface area contributed by atoms with E-state index in [4.69, 9.17) is 14.9 Å². The van der Waals surface area contributed by atoms with Crippen LogP contribution in [0.25, 0.3) is 11.5 Å². The molecule has 7 nitrogen and oxygen atoms in total. The number of anilines is 1. The zero-order valence-corrected chi connectivity index (χ0v) is 15.4. The number of amides is 1. The summed E-state index contributed by atoms with van der Waals surface area (Å²) in [7, 11) is 0. The Labute approximate surface area is 167 Å². The Kier molecular flexibility index (Phi) is 5.20. The Bertz CT molecular complexity index is 1110. The largest absolute Gasteiger partial charge is 0.457 e. The predicted molar refractivity (Wildman–Crippen MR) is 108 cm³/mol. The zero-order valence-electron chi connectivity index (χ0n) is 15.4. The summed E-state index contributed by atoms with van der Waals surface area (Å²) in [5.41, 5.74) is 7.89. The number of ether oxygens (including phenoxy) is 1. The van der Waals surface area contributed by atoms with E-state index in [1.807, 2.05) is 54.6 Å². The number of hydrogen-bond acceptors (Lipinski definition) is 6. The first-order chi connectivity index (χ1) is 14.2. The summed E-state index contributed by atoms with van der Waals surface area (Å²) in [6, 6.07) is 24.0. The Morgan fingerprint density at radius 1 is 0.931 bits per heavy atom. The molecular weight excluding hydrogens is 368 g/mol. The maximum atomic E-state index is 12.3. The Morgan fingerprint density at radius 3 is 2.45 bits per heavy atom. The highest BCUT2D eigenvalue weighted by molar-refractivity contribution is 5.89. The molecule has 0 radical (unpaired) electrons. The molecule has 1 amide bonds. The smallest absolute Gasteiger partial charge is 0.309 e. The third-order valence-electron chi connectivity index (χ3n) is 4.11. The van der Waals surface area contributed by atoms with E-state index in [9.17, 15) is 4.79 Å². The number of rotatable bonds is 6. The van der Waals surface area contributed by atoms with Crippen molar-refractivity contribution in [3.05, 3.63) is 90.3 Å². The molecule has 0 saturated carbocycles. The Morgan fingerprint density at radius 2 is 1.69 bits per heavy atom. The number of nitrogens with zero attached hydrogens (tertiary/aromatic N) is 2. The second kappa shape index (κ2) is 8.26. The van der Waals surface area contributed by atoms with Gasteiger partial charge in [-0.3, -0.25) is 4.79 Å². The minimum atomic E-state index is -0.447. The minimum Gasteiger partial charge on any atom is -0.457 e. The highest BCUT2D eigenvalue weighted by atomic mass is 16.5. The van der Waals surface area contributed by atoms with Gasteiger partial charge in [0.15, 0.2) is 0 Å². The summed E-state index contributed by atoms with van der Waals surface area (Å²) in [6.07, 6.45) is 0. The van der Waals surface area contributed by atoms with Crippen LogP contribution in [0.4, 0.5) is 5.69 Å². The van der Waals surface area contributed by atoms with Crippen molar-refractivity contribution in [3.8, 4) is 23.0 Å². The van der Waals surface area contributed by atoms with Gasteiger partial charge in [-0.05, 0) is 48.0 Å². The number of para-hydroxylation sites is 1. The lowest BCUT2D eigenvalue weighted by molar-refractivity contribution is 0.0917. The van der Waals surface area contributed by atoms with Gasteiger partial charge in [-0.2, -0.15) is 0 Å². The molecule has 3 N–H and O–H groups in total. The second-order valence-corrected chi connectivity index (χ2v) is 6.28. The number of aromatic nitrogens is 2. The molecule has 1 heterocycles. The van der Waals surface area contributed by atoms with Crippen molar-refractivity contribution in [2.75, 3.05) is 5.73 Å². The monoisotopic (exact) mass is 386 g/mol. The van der Waals surface area contributed by atoms with Gasteiger partial charge >= 0.3 is 11.8 Å². The van der Waals surface area contributed by atoms with E-state index in [2.05, 4.69) is 15.5 Å². The van der Waals surface area contributed by atoms with Crippen LogP contribution in [0.5, 0.6) is 11.5 Å². The number of carbonyl (C=O) groups excluding carboxylic acids is 1. The minimum absolute atomic E-state index is 0.105. The van der Waals surface area contributed by atoms with Gasteiger partial charge in [-0.25, -0.2) is 0 Å². The number of nitrogens with two attached hydrogens (primary N) is 1. The van der Waals surface area contributed by atoms with E-state index in [0.29, 0.717) is 17.8 Å². The average molecular weight is 386 g/mol. The van der Waals surface area contributed by atoms with Crippen molar-refractivity contribution in [1.82, 2.24) is 15.5 Å². The molecule has 0 fully saturated rings. The van der Waals surface area contributed by atoms with Crippen molar-refractivity contribution >= 4 is 11.6 Å². The van der Waals surface area contributed by atoms with E-state index >= 15 is 0 Å². The Hall–Kier alpha value is -4.13. The lowest BCUT2D eigenvalue weighted by atomic mass is 10.2. The van der Waals surface area contributed by atoms with Gasteiger partial charge in [0.1, 0.15) is 11.5 Å². The number of hydrogen-bond donors (Lipinski definition) is 2. The lowest BCUT2D eigenvalue weighted by Crippen LogP contribution is -2.23. The molecule has 3 aromatic carbocycles. The fourth-order valence-corrected chi connectivity index (χ4v) is 2.66. The summed E-state index contributed by atoms with van der Waals surface area (Å²) in [6.45, 7) is 0.320. The third-order valence-corrected chi connectivity index (χ3v) is 4.11. The maximum Gasteiger partial charge on any atom is 0.309 e. The molecule has 0 spiro atoms. The van der Waals surface area contributed by atoms with E-state index in [1.165, 1.54) is 0 Å². The first-order valence-corrected chi connectivity index (χ1v) is 8.97. The van der Waals surface area contributed by atoms with Crippen LogP contribution < -0.4 is 15.8 Å². The van der Waals surface area contributed by atoms with E-state index < -0.39 is 5.91 Å². The molecule has 144 valence electrons. The molecule has 0 aliphatic carbocycles. The third kappa shape index (κ3) is 4.59. The molecule has 0 bridgehead atoms. The van der Waals surface area contributed by atoms with Gasteiger partial charge in [-0.15, -0.1) is 10.2 Å².